The van der Waals surface area contributed by atoms with Crippen molar-refractivity contribution in [3.63, 3.8) is 0 Å². The fraction of sp³-hybridized carbons (Fsp3) is 0.375. The van der Waals surface area contributed by atoms with Gasteiger partial charge in [0.25, 0.3) is 0 Å². The quantitative estimate of drug-likeness (QED) is 0.852. The van der Waals surface area contributed by atoms with E-state index in [0.717, 1.165) is 4.47 Å². The van der Waals surface area contributed by atoms with E-state index in [0.29, 0.717) is 6.04 Å². The van der Waals surface area contributed by atoms with Crippen LogP contribution in [0, 0.1) is 0 Å². The lowest BCUT2D eigenvalue weighted by atomic mass is 9.98. The summed E-state index contributed by atoms with van der Waals surface area (Å²) in [5.41, 5.74) is 7.51. The Morgan fingerprint density at radius 3 is 2.50 bits per heavy atom. The van der Waals surface area contributed by atoms with Crippen LogP contribution in [0.4, 0.5) is 0 Å². The van der Waals surface area contributed by atoms with Gasteiger partial charge in [-0.25, -0.2) is 0 Å². The Kier molecular flexibility index (Phi) is 5.38. The molecule has 1 aromatic carbocycles. The third-order valence-electron chi connectivity index (χ3n) is 3.69. The Hall–Kier alpha value is -0.680. The molecule has 4 heteroatoms. The lowest BCUT2D eigenvalue weighted by molar-refractivity contribution is 0.168. The van der Waals surface area contributed by atoms with Crippen LogP contribution in [0.3, 0.4) is 0 Å². The molecule has 0 amide bonds. The van der Waals surface area contributed by atoms with Crippen LogP contribution in [0.2, 0.25) is 0 Å². The zero-order valence-electron chi connectivity index (χ0n) is 12.1. The number of halogens is 1. The number of likely N-dealkylation sites (N-methyl/N-ethyl adjacent to an activating group) is 1. The smallest absolute Gasteiger partial charge is 0.0500 e. The first-order chi connectivity index (χ1) is 9.50. The largest absolute Gasteiger partial charge is 0.326 e. The van der Waals surface area contributed by atoms with Gasteiger partial charge in [-0.1, -0.05) is 34.1 Å². The van der Waals surface area contributed by atoms with Gasteiger partial charge in [-0.3, -0.25) is 4.90 Å². The Morgan fingerprint density at radius 1 is 1.20 bits per heavy atom. The van der Waals surface area contributed by atoms with E-state index in [1.54, 1.807) is 11.3 Å². The molecule has 20 heavy (non-hydrogen) atoms. The topological polar surface area (TPSA) is 29.3 Å². The second kappa shape index (κ2) is 6.85. The van der Waals surface area contributed by atoms with Gasteiger partial charge in [0.1, 0.15) is 0 Å². The Morgan fingerprint density at radius 2 is 1.95 bits per heavy atom. The molecule has 2 nitrogen and oxygen atoms in total. The highest BCUT2D eigenvalue weighted by molar-refractivity contribution is 9.10. The zero-order chi connectivity index (χ0) is 14.7. The van der Waals surface area contributed by atoms with Crippen LogP contribution in [0.15, 0.2) is 46.3 Å². The van der Waals surface area contributed by atoms with E-state index in [1.807, 2.05) is 6.07 Å². The van der Waals surface area contributed by atoms with Crippen LogP contribution in [0.1, 0.15) is 36.4 Å². The number of hydrogen-bond acceptors (Lipinski definition) is 3. The molecule has 3 unspecified atom stereocenters. The first-order valence-corrected chi connectivity index (χ1v) is 8.44. The molecule has 1 heterocycles. The zero-order valence-corrected chi connectivity index (χ0v) is 14.5. The highest BCUT2D eigenvalue weighted by atomic mass is 79.9. The predicted molar refractivity (Wildman–Crippen MR) is 91.0 cm³/mol. The van der Waals surface area contributed by atoms with Crippen molar-refractivity contribution in [1.29, 1.82) is 0 Å². The van der Waals surface area contributed by atoms with Crippen LogP contribution in [-0.2, 0) is 0 Å². The minimum absolute atomic E-state index is 0.0664. The first-order valence-electron chi connectivity index (χ1n) is 6.77. The van der Waals surface area contributed by atoms with Gasteiger partial charge >= 0.3 is 0 Å². The monoisotopic (exact) mass is 352 g/mol. The van der Waals surface area contributed by atoms with Crippen LogP contribution in [0.25, 0.3) is 0 Å². The number of nitrogens with two attached hydrogens (primary N) is 1. The van der Waals surface area contributed by atoms with Crippen LogP contribution in [0.5, 0.6) is 0 Å². The van der Waals surface area contributed by atoms with Gasteiger partial charge in [-0.2, -0.15) is 0 Å². The Bertz CT molecular complexity index is 539. The molecule has 2 aromatic rings. The van der Waals surface area contributed by atoms with Gasteiger partial charge in [-0.05, 0) is 50.0 Å². The van der Waals surface area contributed by atoms with Gasteiger partial charge in [0.2, 0.25) is 0 Å². The summed E-state index contributed by atoms with van der Waals surface area (Å²) in [5, 5.41) is 2.12. The maximum Gasteiger partial charge on any atom is 0.0500 e. The summed E-state index contributed by atoms with van der Waals surface area (Å²) in [4.78, 5) is 3.73. The van der Waals surface area contributed by atoms with E-state index in [-0.39, 0.29) is 12.1 Å². The average Bonchev–Trinajstić information content (AvgIpc) is 2.91. The van der Waals surface area contributed by atoms with Gasteiger partial charge in [0.05, 0.1) is 0 Å². The number of hydrogen-bond donors (Lipinski definition) is 1. The lowest BCUT2D eigenvalue weighted by Crippen LogP contribution is -2.38. The minimum atomic E-state index is 0.0664. The molecular formula is C16H21BrN2S. The predicted octanol–water partition coefficient (Wildman–Crippen LogP) is 4.59. The molecule has 0 radical (unpaired) electrons. The van der Waals surface area contributed by atoms with E-state index < -0.39 is 0 Å². The summed E-state index contributed by atoms with van der Waals surface area (Å²) in [6.07, 6.45) is 0. The molecule has 0 aliphatic heterocycles. The van der Waals surface area contributed by atoms with Crippen LogP contribution < -0.4 is 5.73 Å². The van der Waals surface area contributed by atoms with Crippen molar-refractivity contribution in [1.82, 2.24) is 4.90 Å². The van der Waals surface area contributed by atoms with Crippen molar-refractivity contribution < 1.29 is 0 Å². The van der Waals surface area contributed by atoms with E-state index in [4.69, 9.17) is 5.73 Å². The third-order valence-corrected chi connectivity index (χ3v) is 5.23. The molecule has 1 aromatic heterocycles. The molecule has 0 saturated carbocycles. The molecule has 3 atom stereocenters. The van der Waals surface area contributed by atoms with Gasteiger partial charge in [0, 0.05) is 27.5 Å². The maximum absolute atomic E-state index is 6.26. The molecule has 2 rings (SSSR count). The average molecular weight is 353 g/mol. The van der Waals surface area contributed by atoms with E-state index in [1.165, 1.54) is 10.4 Å². The lowest BCUT2D eigenvalue weighted by Gasteiger charge is -2.35. The number of nitrogens with zero attached hydrogens (tertiary/aromatic N) is 1. The summed E-state index contributed by atoms with van der Waals surface area (Å²) < 4.78 is 1.10. The molecule has 0 saturated heterocycles. The summed E-state index contributed by atoms with van der Waals surface area (Å²) in [6.45, 7) is 4.31. The highest BCUT2D eigenvalue weighted by Crippen LogP contribution is 2.33. The number of benzene rings is 1. The molecule has 108 valence electrons. The van der Waals surface area contributed by atoms with Crippen molar-refractivity contribution in [2.24, 2.45) is 5.73 Å². The summed E-state index contributed by atoms with van der Waals surface area (Å²) in [7, 11) is 2.15. The van der Waals surface area contributed by atoms with E-state index in [9.17, 15) is 0 Å². The molecular weight excluding hydrogens is 332 g/mol. The Balaban J connectivity index is 2.29. The van der Waals surface area contributed by atoms with Crippen LogP contribution >= 0.6 is 27.3 Å². The van der Waals surface area contributed by atoms with Crippen molar-refractivity contribution in [2.75, 3.05) is 7.05 Å². The maximum atomic E-state index is 6.26. The normalized spacial score (nSPS) is 16.1. The Labute approximate surface area is 133 Å². The summed E-state index contributed by atoms with van der Waals surface area (Å²) in [5.74, 6) is 0. The van der Waals surface area contributed by atoms with Crippen molar-refractivity contribution >= 4 is 27.3 Å². The minimum Gasteiger partial charge on any atom is -0.326 e. The molecule has 0 spiro atoms. The fourth-order valence-electron chi connectivity index (χ4n) is 2.57. The van der Waals surface area contributed by atoms with Crippen molar-refractivity contribution in [3.8, 4) is 0 Å². The summed E-state index contributed by atoms with van der Waals surface area (Å²) >= 11 is 5.34. The van der Waals surface area contributed by atoms with Crippen molar-refractivity contribution in [3.05, 3.63) is 56.7 Å². The van der Waals surface area contributed by atoms with Gasteiger partial charge in [0.15, 0.2) is 0 Å². The number of thiophene rings is 1. The first kappa shape index (κ1) is 15.7. The third kappa shape index (κ3) is 3.50. The van der Waals surface area contributed by atoms with E-state index >= 15 is 0 Å². The second-order valence-corrected chi connectivity index (χ2v) is 7.11. The standard InChI is InChI=1S/C16H21BrN2S/c1-11(18)16(13-6-4-7-14(17)10-13)19(3)12(2)15-8-5-9-20-15/h4-12,16H,18H2,1-3H3. The molecule has 0 bridgehead atoms. The highest BCUT2D eigenvalue weighted by Gasteiger charge is 2.26. The molecule has 0 fully saturated rings. The molecule has 2 N–H and O–H groups in total. The fourth-order valence-corrected chi connectivity index (χ4v) is 3.82. The molecule has 0 aliphatic rings. The summed E-state index contributed by atoms with van der Waals surface area (Å²) in [6, 6.07) is 13.3. The van der Waals surface area contributed by atoms with Crippen molar-refractivity contribution in [2.45, 2.75) is 32.0 Å². The van der Waals surface area contributed by atoms with E-state index in [2.05, 4.69) is 77.4 Å². The van der Waals surface area contributed by atoms with Gasteiger partial charge < -0.3 is 5.73 Å². The SMILES string of the molecule is CC(N)C(c1cccc(Br)c1)N(C)C(C)c1cccs1. The number of rotatable bonds is 5. The van der Waals surface area contributed by atoms with Gasteiger partial charge in [-0.15, -0.1) is 11.3 Å². The second-order valence-electron chi connectivity index (χ2n) is 5.22. The molecule has 0 aliphatic carbocycles. The van der Waals surface area contributed by atoms with Crippen LogP contribution in [-0.4, -0.2) is 18.0 Å².